The fourth-order valence-electron chi connectivity index (χ4n) is 2.22. The normalized spacial score (nSPS) is 15.2. The van der Waals surface area contributed by atoms with Crippen LogP contribution in [0.4, 0.5) is 0 Å². The van der Waals surface area contributed by atoms with Crippen molar-refractivity contribution in [2.45, 2.75) is 0 Å². The van der Waals surface area contributed by atoms with Gasteiger partial charge in [0.1, 0.15) is 0 Å². The van der Waals surface area contributed by atoms with E-state index in [1.54, 1.807) is 38.5 Å². The van der Waals surface area contributed by atoms with E-state index >= 15 is 0 Å². The Kier molecular flexibility index (Phi) is 4.66. The molecular weight excluding hydrogens is 374 g/mol. The van der Waals surface area contributed by atoms with Crippen LogP contribution in [-0.4, -0.2) is 26.1 Å². The monoisotopic (exact) mass is 387 g/mol. The van der Waals surface area contributed by atoms with E-state index in [1.165, 1.54) is 0 Å². The van der Waals surface area contributed by atoms with Gasteiger partial charge in [0.25, 0.3) is 0 Å². The van der Waals surface area contributed by atoms with E-state index in [9.17, 15) is 4.79 Å². The molecule has 1 aliphatic rings. The molecule has 0 aliphatic carbocycles. The Morgan fingerprint density at radius 3 is 2.42 bits per heavy atom. The molecule has 0 bridgehead atoms. The molecule has 0 saturated carbocycles. The van der Waals surface area contributed by atoms with E-state index in [0.29, 0.717) is 17.1 Å². The average molecular weight is 388 g/mol. The third kappa shape index (κ3) is 3.33. The first-order chi connectivity index (χ1) is 11.6. The highest BCUT2D eigenvalue weighted by Crippen LogP contribution is 2.29. The molecule has 122 valence electrons. The van der Waals surface area contributed by atoms with Crippen molar-refractivity contribution in [3.63, 3.8) is 0 Å². The predicted molar refractivity (Wildman–Crippen MR) is 94.3 cm³/mol. The summed E-state index contributed by atoms with van der Waals surface area (Å²) in [6, 6.07) is 12.8. The first-order valence-corrected chi connectivity index (χ1v) is 7.90. The summed E-state index contributed by atoms with van der Waals surface area (Å²) in [5, 5.41) is 0. The number of benzene rings is 2. The van der Waals surface area contributed by atoms with Crippen LogP contribution >= 0.6 is 15.9 Å². The van der Waals surface area contributed by atoms with Crippen LogP contribution in [0.1, 0.15) is 11.1 Å². The molecule has 0 saturated heterocycles. The van der Waals surface area contributed by atoms with Crippen molar-refractivity contribution in [1.82, 2.24) is 0 Å². The van der Waals surface area contributed by atoms with Crippen molar-refractivity contribution in [2.75, 3.05) is 14.2 Å². The second-order valence-electron chi connectivity index (χ2n) is 4.96. The lowest BCUT2D eigenvalue weighted by Crippen LogP contribution is -2.05. The van der Waals surface area contributed by atoms with E-state index in [1.807, 2.05) is 24.3 Å². The number of aliphatic imine (C=N–C) groups is 1. The maximum absolute atomic E-state index is 12.0. The topological polar surface area (TPSA) is 57.1 Å². The summed E-state index contributed by atoms with van der Waals surface area (Å²) >= 11 is 3.37. The minimum absolute atomic E-state index is 0.240. The highest BCUT2D eigenvalue weighted by Gasteiger charge is 2.25. The molecule has 0 unspecified atom stereocenters. The van der Waals surface area contributed by atoms with Gasteiger partial charge in [-0.15, -0.1) is 0 Å². The number of hydrogen-bond acceptors (Lipinski definition) is 5. The summed E-state index contributed by atoms with van der Waals surface area (Å²) in [4.78, 5) is 16.3. The minimum atomic E-state index is -0.484. The van der Waals surface area contributed by atoms with Gasteiger partial charge in [-0.3, -0.25) is 0 Å². The van der Waals surface area contributed by atoms with Crippen LogP contribution in [0, 0.1) is 0 Å². The zero-order valence-electron chi connectivity index (χ0n) is 13.1. The third-order valence-electron chi connectivity index (χ3n) is 3.42. The van der Waals surface area contributed by atoms with Gasteiger partial charge >= 0.3 is 5.97 Å². The fraction of sp³-hybridized carbons (Fsp3) is 0.111. The molecule has 0 amide bonds. The van der Waals surface area contributed by atoms with Gasteiger partial charge in [0, 0.05) is 10.0 Å². The first-order valence-electron chi connectivity index (χ1n) is 7.11. The Bertz CT molecular complexity index is 841. The van der Waals surface area contributed by atoms with Crippen LogP contribution < -0.4 is 9.47 Å². The molecule has 6 heteroatoms. The lowest BCUT2D eigenvalue weighted by Gasteiger charge is -2.08. The van der Waals surface area contributed by atoms with Gasteiger partial charge in [0.05, 0.1) is 14.2 Å². The Labute approximate surface area is 147 Å². The zero-order valence-corrected chi connectivity index (χ0v) is 14.7. The molecular formula is C18H14BrNO4. The molecule has 0 N–H and O–H groups in total. The van der Waals surface area contributed by atoms with E-state index in [4.69, 9.17) is 14.2 Å². The number of rotatable bonds is 4. The van der Waals surface area contributed by atoms with E-state index in [-0.39, 0.29) is 11.6 Å². The highest BCUT2D eigenvalue weighted by atomic mass is 79.9. The molecule has 0 fully saturated rings. The van der Waals surface area contributed by atoms with Crippen molar-refractivity contribution in [3.8, 4) is 11.5 Å². The largest absolute Gasteiger partial charge is 0.493 e. The van der Waals surface area contributed by atoms with E-state index < -0.39 is 5.97 Å². The lowest BCUT2D eigenvalue weighted by molar-refractivity contribution is -0.129. The van der Waals surface area contributed by atoms with Gasteiger partial charge in [0.15, 0.2) is 17.2 Å². The number of carbonyl (C=O) groups excluding carboxylic acids is 1. The summed E-state index contributed by atoms with van der Waals surface area (Å²) in [5.74, 6) is 0.892. The fourth-order valence-corrected chi connectivity index (χ4v) is 2.48. The van der Waals surface area contributed by atoms with Crippen molar-refractivity contribution in [1.29, 1.82) is 0 Å². The van der Waals surface area contributed by atoms with Gasteiger partial charge < -0.3 is 14.2 Å². The van der Waals surface area contributed by atoms with Crippen LogP contribution in [0.15, 0.2) is 57.6 Å². The maximum atomic E-state index is 12.0. The highest BCUT2D eigenvalue weighted by molar-refractivity contribution is 9.10. The zero-order chi connectivity index (χ0) is 17.1. The van der Waals surface area contributed by atoms with Crippen molar-refractivity contribution in [3.05, 3.63) is 63.8 Å². The quantitative estimate of drug-likeness (QED) is 0.591. The summed E-state index contributed by atoms with van der Waals surface area (Å²) in [6.07, 6.45) is 1.68. The van der Waals surface area contributed by atoms with E-state index in [2.05, 4.69) is 20.9 Å². The Morgan fingerprint density at radius 1 is 1.04 bits per heavy atom. The third-order valence-corrected chi connectivity index (χ3v) is 3.95. The summed E-state index contributed by atoms with van der Waals surface area (Å²) in [6.45, 7) is 0. The second-order valence-corrected chi connectivity index (χ2v) is 5.87. The first kappa shape index (κ1) is 16.3. The second kappa shape index (κ2) is 6.88. The molecule has 0 atom stereocenters. The molecule has 2 aromatic carbocycles. The molecule has 0 spiro atoms. The molecule has 1 heterocycles. The SMILES string of the molecule is COc1ccc(C2=NC(=Cc3ccc(Br)cc3)C(=O)O2)cc1OC. The van der Waals surface area contributed by atoms with Crippen molar-refractivity contribution in [2.24, 2.45) is 4.99 Å². The predicted octanol–water partition coefficient (Wildman–Crippen LogP) is 3.81. The Balaban J connectivity index is 1.93. The van der Waals surface area contributed by atoms with Crippen LogP contribution in [0.25, 0.3) is 6.08 Å². The number of cyclic esters (lactones) is 1. The molecule has 1 aliphatic heterocycles. The smallest absolute Gasteiger partial charge is 0.363 e. The molecule has 3 rings (SSSR count). The van der Waals surface area contributed by atoms with Crippen LogP contribution in [0.5, 0.6) is 11.5 Å². The molecule has 2 aromatic rings. The van der Waals surface area contributed by atoms with Crippen LogP contribution in [0.3, 0.4) is 0 Å². The van der Waals surface area contributed by atoms with Gasteiger partial charge in [0.2, 0.25) is 5.90 Å². The summed E-state index contributed by atoms with van der Waals surface area (Å²) in [5.41, 5.74) is 1.75. The standard InChI is InChI=1S/C18H14BrNO4/c1-22-15-8-5-12(10-16(15)23-2)17-20-14(18(21)24-17)9-11-3-6-13(19)7-4-11/h3-10H,1-2H3. The van der Waals surface area contributed by atoms with E-state index in [0.717, 1.165) is 10.0 Å². The molecule has 0 aromatic heterocycles. The summed E-state index contributed by atoms with van der Waals surface area (Å²) in [7, 11) is 3.10. The molecule has 5 nitrogen and oxygen atoms in total. The van der Waals surface area contributed by atoms with Crippen LogP contribution in [-0.2, 0) is 9.53 Å². The number of hydrogen-bond donors (Lipinski definition) is 0. The Hall–Kier alpha value is -2.60. The minimum Gasteiger partial charge on any atom is -0.493 e. The molecule has 0 radical (unpaired) electrons. The van der Waals surface area contributed by atoms with Crippen LogP contribution in [0.2, 0.25) is 0 Å². The lowest BCUT2D eigenvalue weighted by atomic mass is 10.2. The van der Waals surface area contributed by atoms with Gasteiger partial charge in [-0.1, -0.05) is 28.1 Å². The molecule has 24 heavy (non-hydrogen) atoms. The maximum Gasteiger partial charge on any atom is 0.363 e. The van der Waals surface area contributed by atoms with Gasteiger partial charge in [-0.25, -0.2) is 9.79 Å². The number of nitrogens with zero attached hydrogens (tertiary/aromatic N) is 1. The van der Waals surface area contributed by atoms with Crippen molar-refractivity contribution >= 4 is 33.9 Å². The number of carbonyl (C=O) groups is 1. The number of methoxy groups -OCH3 is 2. The summed E-state index contributed by atoms with van der Waals surface area (Å²) < 4.78 is 16.7. The number of esters is 1. The van der Waals surface area contributed by atoms with Gasteiger partial charge in [-0.2, -0.15) is 0 Å². The van der Waals surface area contributed by atoms with Gasteiger partial charge in [-0.05, 0) is 42.0 Å². The average Bonchev–Trinajstić information content (AvgIpc) is 2.97. The van der Waals surface area contributed by atoms with Crippen molar-refractivity contribution < 1.29 is 19.0 Å². The Morgan fingerprint density at radius 2 is 1.75 bits per heavy atom. The number of halogens is 1. The number of ether oxygens (including phenoxy) is 3.